The second-order valence-corrected chi connectivity index (χ2v) is 7.74. The van der Waals surface area contributed by atoms with E-state index in [-0.39, 0.29) is 0 Å². The number of para-hydroxylation sites is 1. The molecule has 1 N–H and O–H groups in total. The summed E-state index contributed by atoms with van der Waals surface area (Å²) in [5.41, 5.74) is 2.48. The first-order valence-electron chi connectivity index (χ1n) is 9.29. The summed E-state index contributed by atoms with van der Waals surface area (Å²) in [5.74, 6) is 0. The Morgan fingerprint density at radius 1 is 0.929 bits per heavy atom. The van der Waals surface area contributed by atoms with Crippen LogP contribution in [-0.4, -0.2) is 28.5 Å². The van der Waals surface area contributed by atoms with Crippen molar-refractivity contribution in [1.29, 1.82) is 0 Å². The van der Waals surface area contributed by atoms with Gasteiger partial charge in [0.15, 0.2) is 0 Å². The Kier molecular flexibility index (Phi) is 5.75. The average molecular weight is 387 g/mol. The topological polar surface area (TPSA) is 33.1 Å². The van der Waals surface area contributed by atoms with Gasteiger partial charge >= 0.3 is 0 Å². The number of aromatic nitrogens is 1. The fraction of sp³-hybridized carbons (Fsp3) is 0.348. The van der Waals surface area contributed by atoms with Crippen LogP contribution in [0.5, 0.6) is 0 Å². The van der Waals surface area contributed by atoms with Crippen LogP contribution < -0.4 is 0 Å². The molecule has 4 rings (SSSR count). The summed E-state index contributed by atoms with van der Waals surface area (Å²) >= 11 is 0. The summed E-state index contributed by atoms with van der Waals surface area (Å²) in [7, 11) is 0. The van der Waals surface area contributed by atoms with E-state index in [0.29, 0.717) is 5.56 Å². The zero-order valence-corrected chi connectivity index (χ0v) is 16.1. The minimum absolute atomic E-state index is 0.323. The van der Waals surface area contributed by atoms with Crippen LogP contribution in [0.4, 0.5) is 13.2 Å². The second-order valence-electron chi connectivity index (χ2n) is 7.74. The highest BCUT2D eigenvalue weighted by atomic mass is 19.2. The van der Waals surface area contributed by atoms with Crippen LogP contribution >= 0.6 is 0 Å². The van der Waals surface area contributed by atoms with Crippen molar-refractivity contribution in [3.05, 3.63) is 66.2 Å². The van der Waals surface area contributed by atoms with Gasteiger partial charge in [-0.15, -0.1) is 0 Å². The SMILES string of the molecule is CC(F)C(O)C(F)C(C)(C)C(F)c1ccccc1.c1ccc2c3cc-3nc2c1. The first kappa shape index (κ1) is 20.3. The monoisotopic (exact) mass is 387 g/mol. The van der Waals surface area contributed by atoms with Crippen LogP contribution in [0.3, 0.4) is 0 Å². The summed E-state index contributed by atoms with van der Waals surface area (Å²) < 4.78 is 41.3. The standard InChI is InChI=1S/C14H19F3O.C9H5N/c1-9(15)11(18)13(17)14(2,3)12(16)10-7-5-4-6-8-10;1-2-4-8-6(3-1)7-5-9(7)10-8/h4-9,11-13,18H,1-3H3;1-5H. The molecule has 5 heteroatoms. The van der Waals surface area contributed by atoms with Crippen molar-refractivity contribution < 1.29 is 18.3 Å². The van der Waals surface area contributed by atoms with E-state index in [9.17, 15) is 18.3 Å². The molecule has 2 aromatic rings. The number of alkyl halides is 3. The van der Waals surface area contributed by atoms with Crippen molar-refractivity contribution in [2.75, 3.05) is 0 Å². The molecule has 0 aromatic heterocycles. The Hall–Kier alpha value is -2.40. The lowest BCUT2D eigenvalue weighted by molar-refractivity contribution is -0.0623. The fourth-order valence-corrected chi connectivity index (χ4v) is 3.20. The molecular formula is C23H24F3NO. The molecule has 148 valence electrons. The molecule has 1 heterocycles. The van der Waals surface area contributed by atoms with Gasteiger partial charge in [-0.3, -0.25) is 0 Å². The van der Waals surface area contributed by atoms with Gasteiger partial charge in [-0.1, -0.05) is 62.4 Å². The van der Waals surface area contributed by atoms with E-state index < -0.39 is 30.0 Å². The number of fused-ring (bicyclic) bond motifs is 3. The molecule has 0 fully saturated rings. The summed E-state index contributed by atoms with van der Waals surface area (Å²) in [6, 6.07) is 18.5. The summed E-state index contributed by atoms with van der Waals surface area (Å²) in [6.07, 6.45) is -7.14. The lowest BCUT2D eigenvalue weighted by atomic mass is 9.77. The van der Waals surface area contributed by atoms with Gasteiger partial charge in [-0.2, -0.15) is 0 Å². The Balaban J connectivity index is 0.000000185. The highest BCUT2D eigenvalue weighted by molar-refractivity contribution is 6.04. The van der Waals surface area contributed by atoms with E-state index in [0.717, 1.165) is 12.4 Å². The van der Waals surface area contributed by atoms with Crippen molar-refractivity contribution in [2.24, 2.45) is 5.41 Å². The number of hydrogen-bond donors (Lipinski definition) is 1. The smallest absolute Gasteiger partial charge is 0.137 e. The van der Waals surface area contributed by atoms with E-state index in [1.165, 1.54) is 30.5 Å². The van der Waals surface area contributed by atoms with Gasteiger partial charge in [0.1, 0.15) is 24.6 Å². The van der Waals surface area contributed by atoms with Crippen LogP contribution in [0.2, 0.25) is 0 Å². The molecule has 0 saturated heterocycles. The minimum Gasteiger partial charge on any atom is -0.387 e. The number of aliphatic hydroxyl groups is 1. The van der Waals surface area contributed by atoms with Crippen LogP contribution in [0.15, 0.2) is 60.7 Å². The molecular weight excluding hydrogens is 363 g/mol. The van der Waals surface area contributed by atoms with Crippen molar-refractivity contribution in [3.8, 4) is 11.3 Å². The number of halogens is 3. The molecule has 2 aliphatic rings. The number of nitrogens with zero attached hydrogens (tertiary/aromatic N) is 1. The maximum Gasteiger partial charge on any atom is 0.137 e. The van der Waals surface area contributed by atoms with Gasteiger partial charge < -0.3 is 5.11 Å². The van der Waals surface area contributed by atoms with Gasteiger partial charge in [0.05, 0.1) is 11.2 Å². The molecule has 2 nitrogen and oxygen atoms in total. The number of hydrogen-bond acceptors (Lipinski definition) is 2. The normalized spacial score (nSPS) is 16.5. The van der Waals surface area contributed by atoms with E-state index in [1.807, 2.05) is 6.07 Å². The van der Waals surface area contributed by atoms with Crippen LogP contribution in [-0.2, 0) is 0 Å². The quantitative estimate of drug-likeness (QED) is 0.456. The molecule has 0 radical (unpaired) electrons. The van der Waals surface area contributed by atoms with Crippen molar-refractivity contribution in [2.45, 2.75) is 45.4 Å². The second kappa shape index (κ2) is 7.92. The highest BCUT2D eigenvalue weighted by Crippen LogP contribution is 2.42. The van der Waals surface area contributed by atoms with Crippen molar-refractivity contribution in [1.82, 2.24) is 4.98 Å². The van der Waals surface area contributed by atoms with Crippen LogP contribution in [0.25, 0.3) is 22.2 Å². The predicted octanol–water partition coefficient (Wildman–Crippen LogP) is 6.00. The largest absolute Gasteiger partial charge is 0.387 e. The maximum atomic E-state index is 14.3. The number of pyridine rings is 1. The molecule has 2 aromatic carbocycles. The average Bonchev–Trinajstić information content (AvgIpc) is 3.38. The zero-order valence-electron chi connectivity index (χ0n) is 16.1. The predicted molar refractivity (Wildman–Crippen MR) is 106 cm³/mol. The van der Waals surface area contributed by atoms with Crippen LogP contribution in [0.1, 0.15) is 32.5 Å². The Bertz CT molecular complexity index is 943. The third kappa shape index (κ3) is 4.04. The minimum atomic E-state index is -1.98. The van der Waals surface area contributed by atoms with E-state index in [2.05, 4.69) is 29.2 Å². The summed E-state index contributed by atoms with van der Waals surface area (Å²) in [5, 5.41) is 10.7. The van der Waals surface area contributed by atoms with Gasteiger partial charge in [0.25, 0.3) is 0 Å². The third-order valence-corrected chi connectivity index (χ3v) is 5.14. The molecule has 0 saturated carbocycles. The molecule has 1 aliphatic heterocycles. The van der Waals surface area contributed by atoms with Gasteiger partial charge in [0.2, 0.25) is 0 Å². The van der Waals surface area contributed by atoms with Gasteiger partial charge in [-0.25, -0.2) is 18.2 Å². The van der Waals surface area contributed by atoms with E-state index >= 15 is 0 Å². The molecule has 0 amide bonds. The lowest BCUT2D eigenvalue weighted by Gasteiger charge is -2.35. The number of benzene rings is 2. The lowest BCUT2D eigenvalue weighted by Crippen LogP contribution is -2.43. The summed E-state index contributed by atoms with van der Waals surface area (Å²) in [4.78, 5) is 4.35. The van der Waals surface area contributed by atoms with Crippen molar-refractivity contribution >= 4 is 10.9 Å². The molecule has 4 unspecified atom stereocenters. The first-order valence-corrected chi connectivity index (χ1v) is 9.29. The Morgan fingerprint density at radius 2 is 1.54 bits per heavy atom. The Morgan fingerprint density at radius 3 is 2.14 bits per heavy atom. The van der Waals surface area contributed by atoms with Gasteiger partial charge in [0, 0.05) is 16.4 Å². The highest BCUT2D eigenvalue weighted by Gasteiger charge is 2.44. The van der Waals surface area contributed by atoms with E-state index in [1.54, 1.807) is 30.3 Å². The zero-order chi connectivity index (χ0) is 20.5. The molecule has 28 heavy (non-hydrogen) atoms. The molecule has 1 aliphatic carbocycles. The molecule has 0 spiro atoms. The first-order chi connectivity index (χ1) is 13.2. The Labute approximate surface area is 163 Å². The fourth-order valence-electron chi connectivity index (χ4n) is 3.20. The number of aliphatic hydroxyl groups excluding tert-OH is 1. The van der Waals surface area contributed by atoms with Crippen LogP contribution in [0, 0.1) is 5.41 Å². The number of rotatable bonds is 5. The molecule has 4 atom stereocenters. The van der Waals surface area contributed by atoms with Crippen molar-refractivity contribution in [3.63, 3.8) is 0 Å². The molecule has 0 bridgehead atoms. The summed E-state index contributed by atoms with van der Waals surface area (Å²) in [6.45, 7) is 3.75. The van der Waals surface area contributed by atoms with E-state index in [4.69, 9.17) is 0 Å². The van der Waals surface area contributed by atoms with Gasteiger partial charge in [-0.05, 0) is 24.6 Å². The third-order valence-electron chi connectivity index (χ3n) is 5.14. The maximum absolute atomic E-state index is 14.3.